The van der Waals surface area contributed by atoms with E-state index < -0.39 is 34.1 Å². The average Bonchev–Trinajstić information content (AvgIpc) is 3.39. The first-order valence-electron chi connectivity index (χ1n) is 13.5. The Labute approximate surface area is 240 Å². The number of carbonyl (C=O) groups excluding carboxylic acids is 1. The molecule has 1 aliphatic carbocycles. The fourth-order valence-corrected chi connectivity index (χ4v) is 5.28. The number of rotatable bonds is 7. The molecule has 5 rings (SSSR count). The summed E-state index contributed by atoms with van der Waals surface area (Å²) >= 11 is 0. The van der Waals surface area contributed by atoms with E-state index in [1.165, 1.54) is 12.1 Å². The highest BCUT2D eigenvalue weighted by Crippen LogP contribution is 2.38. The number of oxazole rings is 1. The Hall–Kier alpha value is -4.08. The van der Waals surface area contributed by atoms with Crippen molar-refractivity contribution in [3.05, 3.63) is 57.6 Å². The third-order valence-electron chi connectivity index (χ3n) is 7.59. The number of amides is 1. The highest BCUT2D eigenvalue weighted by atomic mass is 19.4. The van der Waals surface area contributed by atoms with E-state index in [1.807, 2.05) is 0 Å². The summed E-state index contributed by atoms with van der Waals surface area (Å²) in [5, 5.41) is 14.0. The zero-order valence-electron chi connectivity index (χ0n) is 22.6. The predicted molar refractivity (Wildman–Crippen MR) is 142 cm³/mol. The van der Waals surface area contributed by atoms with E-state index in [9.17, 15) is 41.3 Å². The number of carbonyl (C=O) groups is 1. The second-order valence-electron chi connectivity index (χ2n) is 10.5. The maximum Gasteiger partial charge on any atom is 0.423 e. The van der Waals surface area contributed by atoms with Crippen LogP contribution < -0.4 is 10.2 Å². The number of nitro benzene ring substituents is 1. The quantitative estimate of drug-likeness (QED) is 0.200. The predicted octanol–water partition coefficient (Wildman–Crippen LogP) is 5.86. The first-order chi connectivity index (χ1) is 20.3. The minimum Gasteiger partial charge on any atom is -0.423 e. The summed E-state index contributed by atoms with van der Waals surface area (Å²) in [5.41, 5.74) is -2.66. The molecule has 1 amide bonds. The number of nitro groups is 1. The number of piperazine rings is 1. The lowest BCUT2D eigenvalue weighted by Crippen LogP contribution is -2.50. The van der Waals surface area contributed by atoms with E-state index >= 15 is 0 Å². The highest BCUT2D eigenvalue weighted by molar-refractivity contribution is 5.78. The van der Waals surface area contributed by atoms with Gasteiger partial charge in [0.2, 0.25) is 5.91 Å². The molecule has 0 bridgehead atoms. The minimum absolute atomic E-state index is 0.0976. The summed E-state index contributed by atoms with van der Waals surface area (Å²) in [7, 11) is 0. The third kappa shape index (κ3) is 7.12. The van der Waals surface area contributed by atoms with Gasteiger partial charge in [0.25, 0.3) is 11.7 Å². The van der Waals surface area contributed by atoms with Gasteiger partial charge in [-0.3, -0.25) is 14.9 Å². The van der Waals surface area contributed by atoms with Gasteiger partial charge in [0.1, 0.15) is 17.7 Å². The summed E-state index contributed by atoms with van der Waals surface area (Å²) in [5.74, 6) is -0.210. The number of alkyl halides is 6. The molecule has 1 aromatic heterocycles. The Morgan fingerprint density at radius 2 is 1.70 bits per heavy atom. The normalized spacial score (nSPS) is 20.0. The Balaban J connectivity index is 1.06. The van der Waals surface area contributed by atoms with Crippen LogP contribution in [0.3, 0.4) is 0 Å². The van der Waals surface area contributed by atoms with Crippen LogP contribution in [-0.2, 0) is 21.9 Å². The van der Waals surface area contributed by atoms with Crippen molar-refractivity contribution in [3.8, 4) is 0 Å². The molecule has 0 atom stereocenters. The molecule has 1 N–H and O–H groups in total. The van der Waals surface area contributed by atoms with Crippen LogP contribution >= 0.6 is 0 Å². The van der Waals surface area contributed by atoms with Gasteiger partial charge < -0.3 is 24.3 Å². The summed E-state index contributed by atoms with van der Waals surface area (Å²) in [6, 6.07) is 5.96. The van der Waals surface area contributed by atoms with Crippen LogP contribution in [0.25, 0.3) is 11.1 Å². The summed E-state index contributed by atoms with van der Waals surface area (Å²) in [4.78, 5) is 30.2. The molecule has 232 valence electrons. The van der Waals surface area contributed by atoms with Crippen molar-refractivity contribution in [2.24, 2.45) is 0 Å². The van der Waals surface area contributed by atoms with Gasteiger partial charge >= 0.3 is 12.4 Å². The summed E-state index contributed by atoms with van der Waals surface area (Å²) in [6.07, 6.45) is -7.25. The van der Waals surface area contributed by atoms with Gasteiger partial charge in [-0.2, -0.15) is 31.3 Å². The standard InChI is InChI=1S/C27H27F6N5O5/c28-26(29,30)16-1-8-23-21(13-16)35-25(43-23)37-11-9-36(10-12-37)24(39)15-42-19-5-2-17(3-6-19)34-18-4-7-22(38(40)41)20(14-18)27(31,32)33/h1,4,7-8,13-14,17,19,34H,2-3,5-6,9-12,15H2/t17-,19-. The average molecular weight is 616 g/mol. The zero-order valence-corrected chi connectivity index (χ0v) is 22.6. The van der Waals surface area contributed by atoms with Gasteiger partial charge in [-0.1, -0.05) is 0 Å². The third-order valence-corrected chi connectivity index (χ3v) is 7.59. The first-order valence-corrected chi connectivity index (χ1v) is 13.5. The lowest BCUT2D eigenvalue weighted by molar-refractivity contribution is -0.388. The van der Waals surface area contributed by atoms with Gasteiger partial charge in [0, 0.05) is 44.0 Å². The summed E-state index contributed by atoms with van der Waals surface area (Å²) < 4.78 is 90.2. The number of halogens is 6. The van der Waals surface area contributed by atoms with E-state index in [4.69, 9.17) is 9.15 Å². The Morgan fingerprint density at radius 1 is 1.00 bits per heavy atom. The molecule has 10 nitrogen and oxygen atoms in total. The number of hydrogen-bond acceptors (Lipinski definition) is 8. The molecular formula is C27H27F6N5O5. The van der Waals surface area contributed by atoms with Gasteiger partial charge in [0.15, 0.2) is 5.58 Å². The largest absolute Gasteiger partial charge is 0.423 e. The molecule has 3 aromatic rings. The van der Waals surface area contributed by atoms with Crippen LogP contribution in [0.1, 0.15) is 36.8 Å². The van der Waals surface area contributed by atoms with Crippen LogP contribution in [-0.4, -0.2) is 65.6 Å². The number of anilines is 2. The number of nitrogens with one attached hydrogen (secondary N) is 1. The number of hydrogen-bond donors (Lipinski definition) is 1. The van der Waals surface area contributed by atoms with Crippen LogP contribution in [0.5, 0.6) is 0 Å². The van der Waals surface area contributed by atoms with Crippen molar-refractivity contribution in [2.45, 2.75) is 50.2 Å². The monoisotopic (exact) mass is 615 g/mol. The zero-order chi connectivity index (χ0) is 30.9. The highest BCUT2D eigenvalue weighted by Gasteiger charge is 2.39. The maximum absolute atomic E-state index is 13.3. The van der Waals surface area contributed by atoms with Crippen molar-refractivity contribution in [2.75, 3.05) is 43.0 Å². The summed E-state index contributed by atoms with van der Waals surface area (Å²) in [6.45, 7) is 1.31. The van der Waals surface area contributed by atoms with E-state index in [-0.39, 0.29) is 47.5 Å². The molecule has 2 aliphatic rings. The van der Waals surface area contributed by atoms with Crippen molar-refractivity contribution >= 4 is 34.4 Å². The SMILES string of the molecule is O=C(CO[C@H]1CC[C@H](Nc2ccc([N+](=O)[O-])c(C(F)(F)F)c2)CC1)N1CCN(c2nc3cc(C(F)(F)F)ccc3o2)CC1. The molecule has 0 unspecified atom stereocenters. The Kier molecular flexibility index (Phi) is 8.40. The van der Waals surface area contributed by atoms with Gasteiger partial charge in [-0.25, -0.2) is 0 Å². The molecule has 16 heteroatoms. The Bertz CT molecular complexity index is 1480. The fourth-order valence-electron chi connectivity index (χ4n) is 5.28. The molecule has 2 fully saturated rings. The lowest BCUT2D eigenvalue weighted by atomic mass is 9.92. The number of nitrogens with zero attached hydrogens (tertiary/aromatic N) is 4. The number of fused-ring (bicyclic) bond motifs is 1. The molecule has 2 heterocycles. The maximum atomic E-state index is 13.3. The molecule has 1 saturated heterocycles. The van der Waals surface area contributed by atoms with E-state index in [2.05, 4.69) is 10.3 Å². The Morgan fingerprint density at radius 3 is 2.33 bits per heavy atom. The smallest absolute Gasteiger partial charge is 0.423 e. The fraction of sp³-hybridized carbons (Fsp3) is 0.481. The second-order valence-corrected chi connectivity index (χ2v) is 10.5. The molecule has 1 saturated carbocycles. The van der Waals surface area contributed by atoms with Gasteiger partial charge in [-0.05, 0) is 56.0 Å². The molecule has 43 heavy (non-hydrogen) atoms. The van der Waals surface area contributed by atoms with Crippen molar-refractivity contribution in [1.82, 2.24) is 9.88 Å². The van der Waals surface area contributed by atoms with Crippen molar-refractivity contribution in [3.63, 3.8) is 0 Å². The van der Waals surface area contributed by atoms with Crippen LogP contribution in [0.4, 0.5) is 43.7 Å². The topological polar surface area (TPSA) is 114 Å². The molecule has 0 spiro atoms. The van der Waals surface area contributed by atoms with E-state index in [0.29, 0.717) is 51.9 Å². The second kappa shape index (κ2) is 11.9. The molecule has 1 aliphatic heterocycles. The molecule has 2 aromatic carbocycles. The van der Waals surface area contributed by atoms with Crippen LogP contribution in [0.15, 0.2) is 40.8 Å². The van der Waals surface area contributed by atoms with E-state index in [0.717, 1.165) is 24.3 Å². The number of benzene rings is 2. The van der Waals surface area contributed by atoms with Crippen molar-refractivity contribution < 1.29 is 45.2 Å². The number of ether oxygens (including phenoxy) is 1. The molecular weight excluding hydrogens is 588 g/mol. The van der Waals surface area contributed by atoms with Crippen LogP contribution in [0, 0.1) is 10.1 Å². The lowest BCUT2D eigenvalue weighted by Gasteiger charge is -2.34. The molecule has 0 radical (unpaired) electrons. The van der Waals surface area contributed by atoms with E-state index in [1.54, 1.807) is 9.80 Å². The minimum atomic E-state index is -4.86. The first kappa shape index (κ1) is 30.4. The number of aromatic nitrogens is 1. The van der Waals surface area contributed by atoms with Gasteiger partial charge in [-0.15, -0.1) is 0 Å². The van der Waals surface area contributed by atoms with Crippen molar-refractivity contribution in [1.29, 1.82) is 0 Å². The van der Waals surface area contributed by atoms with Gasteiger partial charge in [0.05, 0.1) is 16.6 Å². The van der Waals surface area contributed by atoms with Crippen LogP contribution in [0.2, 0.25) is 0 Å².